The summed E-state index contributed by atoms with van der Waals surface area (Å²) in [4.78, 5) is 35.4. The monoisotopic (exact) mass is 515 g/mol. The topological polar surface area (TPSA) is 121 Å². The van der Waals surface area contributed by atoms with E-state index in [-0.39, 0.29) is 24.0 Å². The standard InChI is InChI=1S/C28H33N7O3/c1-18-15-30-27(31-22-9-5-21(6-10-22)25-16-29-12-14-38-25)34-26(18)35-13-11-24(17-35)33-28(37)32-23-7-3-20(4-8-23)19(2)36/h3-10,15,24-25,29H,11-14,16-17H2,1-2H3,(H,30,31,34)(H2,32,33,37). The van der Waals surface area contributed by atoms with Crippen molar-refractivity contribution >= 4 is 35.0 Å². The Kier molecular flexibility index (Phi) is 7.81. The molecule has 0 spiro atoms. The first kappa shape index (κ1) is 25.6. The first-order chi connectivity index (χ1) is 18.4. The van der Waals surface area contributed by atoms with Crippen molar-refractivity contribution in [3.63, 3.8) is 0 Å². The second-order valence-electron chi connectivity index (χ2n) is 9.67. The van der Waals surface area contributed by atoms with E-state index in [1.165, 1.54) is 6.92 Å². The Morgan fingerprint density at radius 1 is 1.08 bits per heavy atom. The Hall–Kier alpha value is -4.02. The first-order valence-electron chi connectivity index (χ1n) is 12.9. The highest BCUT2D eigenvalue weighted by Crippen LogP contribution is 2.25. The SMILES string of the molecule is CC(=O)c1ccc(NC(=O)NC2CCN(c3nc(Nc4ccc(C5CNCCO5)cc4)ncc3C)C2)cc1. The third-order valence-electron chi connectivity index (χ3n) is 6.78. The zero-order valence-corrected chi connectivity index (χ0v) is 21.7. The fourth-order valence-electron chi connectivity index (χ4n) is 4.71. The van der Waals surface area contributed by atoms with Crippen LogP contribution in [0, 0.1) is 6.92 Å². The molecule has 2 saturated heterocycles. The lowest BCUT2D eigenvalue weighted by atomic mass is 10.1. The molecule has 2 aromatic carbocycles. The van der Waals surface area contributed by atoms with Crippen molar-refractivity contribution in [2.24, 2.45) is 0 Å². The van der Waals surface area contributed by atoms with Crippen LogP contribution < -0.4 is 26.2 Å². The number of ether oxygens (including phenoxy) is 1. The maximum atomic E-state index is 12.5. The molecule has 3 aromatic rings. The molecule has 0 aliphatic carbocycles. The fourth-order valence-corrected chi connectivity index (χ4v) is 4.71. The molecule has 1 aromatic heterocycles. The van der Waals surface area contributed by atoms with Gasteiger partial charge in [-0.25, -0.2) is 9.78 Å². The number of benzene rings is 2. The van der Waals surface area contributed by atoms with Crippen molar-refractivity contribution < 1.29 is 14.3 Å². The van der Waals surface area contributed by atoms with Crippen LogP contribution >= 0.6 is 0 Å². The first-order valence-corrected chi connectivity index (χ1v) is 12.9. The number of ketones is 1. The maximum Gasteiger partial charge on any atom is 0.319 e. The summed E-state index contributed by atoms with van der Waals surface area (Å²) in [5.41, 5.74) is 4.27. The second-order valence-corrected chi connectivity index (χ2v) is 9.67. The number of amides is 2. The number of Topliss-reactive ketones (excluding diaryl/α,β-unsaturated/α-hetero) is 1. The van der Waals surface area contributed by atoms with Crippen LogP contribution in [0.1, 0.15) is 40.9 Å². The number of urea groups is 1. The number of rotatable bonds is 7. The van der Waals surface area contributed by atoms with E-state index in [4.69, 9.17) is 9.72 Å². The summed E-state index contributed by atoms with van der Waals surface area (Å²) in [6.07, 6.45) is 2.70. The van der Waals surface area contributed by atoms with Gasteiger partial charge in [-0.1, -0.05) is 12.1 Å². The molecule has 10 nitrogen and oxygen atoms in total. The highest BCUT2D eigenvalue weighted by molar-refractivity contribution is 5.95. The Morgan fingerprint density at radius 2 is 1.84 bits per heavy atom. The molecule has 4 N–H and O–H groups in total. The van der Waals surface area contributed by atoms with Gasteiger partial charge < -0.3 is 30.9 Å². The summed E-state index contributed by atoms with van der Waals surface area (Å²) in [6, 6.07) is 14.7. The van der Waals surface area contributed by atoms with Crippen LogP contribution in [0.2, 0.25) is 0 Å². The number of nitrogens with zero attached hydrogens (tertiary/aromatic N) is 3. The van der Waals surface area contributed by atoms with Crippen molar-refractivity contribution in [3.05, 3.63) is 71.4 Å². The number of nitrogens with one attached hydrogen (secondary N) is 4. The maximum absolute atomic E-state index is 12.5. The number of aromatic nitrogens is 2. The predicted molar refractivity (Wildman–Crippen MR) is 147 cm³/mol. The molecule has 2 unspecified atom stereocenters. The predicted octanol–water partition coefficient (Wildman–Crippen LogP) is 3.79. The zero-order valence-electron chi connectivity index (χ0n) is 21.7. The lowest BCUT2D eigenvalue weighted by Crippen LogP contribution is -2.39. The second kappa shape index (κ2) is 11.6. The lowest BCUT2D eigenvalue weighted by molar-refractivity contribution is 0.0277. The van der Waals surface area contributed by atoms with Gasteiger partial charge in [0, 0.05) is 60.9 Å². The van der Waals surface area contributed by atoms with E-state index in [1.807, 2.05) is 25.3 Å². The van der Waals surface area contributed by atoms with Crippen LogP contribution in [-0.4, -0.2) is 60.6 Å². The van der Waals surface area contributed by atoms with Gasteiger partial charge in [0.05, 0.1) is 12.7 Å². The number of hydrogen-bond donors (Lipinski definition) is 4. The number of morpholine rings is 1. The van der Waals surface area contributed by atoms with Crippen LogP contribution in [0.4, 0.5) is 27.9 Å². The molecule has 2 aliphatic heterocycles. The van der Waals surface area contributed by atoms with Gasteiger partial charge in [-0.05, 0) is 62.2 Å². The van der Waals surface area contributed by atoms with Crippen LogP contribution in [0.3, 0.4) is 0 Å². The fraction of sp³-hybridized carbons (Fsp3) is 0.357. The summed E-state index contributed by atoms with van der Waals surface area (Å²) in [6.45, 7) is 7.36. The summed E-state index contributed by atoms with van der Waals surface area (Å²) in [5.74, 6) is 1.37. The Balaban J connectivity index is 1.16. The molecule has 38 heavy (non-hydrogen) atoms. The molecule has 198 valence electrons. The minimum Gasteiger partial charge on any atom is -0.371 e. The van der Waals surface area contributed by atoms with Gasteiger partial charge in [0.15, 0.2) is 5.78 Å². The Morgan fingerprint density at radius 3 is 2.55 bits per heavy atom. The normalized spacial score (nSPS) is 19.2. The van der Waals surface area contributed by atoms with Gasteiger partial charge in [-0.2, -0.15) is 4.98 Å². The Bertz CT molecular complexity index is 1270. The third kappa shape index (κ3) is 6.27. The molecule has 2 amide bonds. The number of anilines is 4. The number of carbonyl (C=O) groups excluding carboxylic acids is 2. The molecule has 0 radical (unpaired) electrons. The van der Waals surface area contributed by atoms with Crippen LogP contribution in [0.15, 0.2) is 54.7 Å². The molecule has 2 atom stereocenters. The largest absolute Gasteiger partial charge is 0.371 e. The number of hydrogen-bond acceptors (Lipinski definition) is 8. The van der Waals surface area contributed by atoms with Gasteiger partial charge in [0.1, 0.15) is 5.82 Å². The number of aryl methyl sites for hydroxylation is 1. The van der Waals surface area contributed by atoms with E-state index < -0.39 is 0 Å². The molecule has 2 fully saturated rings. The van der Waals surface area contributed by atoms with Crippen LogP contribution in [0.25, 0.3) is 0 Å². The quantitative estimate of drug-likeness (QED) is 0.351. The van der Waals surface area contributed by atoms with Crippen molar-refractivity contribution in [1.82, 2.24) is 20.6 Å². The van der Waals surface area contributed by atoms with E-state index in [9.17, 15) is 9.59 Å². The molecule has 0 saturated carbocycles. The van der Waals surface area contributed by atoms with E-state index in [2.05, 4.69) is 43.3 Å². The van der Waals surface area contributed by atoms with E-state index in [0.29, 0.717) is 23.7 Å². The van der Waals surface area contributed by atoms with Gasteiger partial charge in [-0.3, -0.25) is 4.79 Å². The van der Waals surface area contributed by atoms with E-state index in [0.717, 1.165) is 55.3 Å². The van der Waals surface area contributed by atoms with Gasteiger partial charge in [-0.15, -0.1) is 0 Å². The molecule has 5 rings (SSSR count). The van der Waals surface area contributed by atoms with Crippen molar-refractivity contribution in [3.8, 4) is 0 Å². The molecule has 2 aliphatic rings. The Labute approximate surface area is 222 Å². The van der Waals surface area contributed by atoms with Crippen molar-refractivity contribution in [1.29, 1.82) is 0 Å². The molecular formula is C28H33N7O3. The van der Waals surface area contributed by atoms with Gasteiger partial charge in [0.25, 0.3) is 0 Å². The lowest BCUT2D eigenvalue weighted by Gasteiger charge is -2.24. The van der Waals surface area contributed by atoms with E-state index in [1.54, 1.807) is 24.3 Å². The molecule has 3 heterocycles. The van der Waals surface area contributed by atoms with Gasteiger partial charge in [0.2, 0.25) is 5.95 Å². The molecule has 10 heteroatoms. The smallest absolute Gasteiger partial charge is 0.319 e. The van der Waals surface area contributed by atoms with Crippen LogP contribution in [-0.2, 0) is 4.74 Å². The average molecular weight is 516 g/mol. The summed E-state index contributed by atoms with van der Waals surface area (Å²) >= 11 is 0. The zero-order chi connectivity index (χ0) is 26.5. The summed E-state index contributed by atoms with van der Waals surface area (Å²) in [7, 11) is 0. The van der Waals surface area contributed by atoms with Gasteiger partial charge >= 0.3 is 6.03 Å². The van der Waals surface area contributed by atoms with Crippen molar-refractivity contribution in [2.75, 3.05) is 48.3 Å². The average Bonchev–Trinajstić information content (AvgIpc) is 3.39. The summed E-state index contributed by atoms with van der Waals surface area (Å²) in [5, 5.41) is 12.5. The van der Waals surface area contributed by atoms with E-state index >= 15 is 0 Å². The third-order valence-corrected chi connectivity index (χ3v) is 6.78. The van der Waals surface area contributed by atoms with Crippen LogP contribution in [0.5, 0.6) is 0 Å². The highest BCUT2D eigenvalue weighted by atomic mass is 16.5. The molecule has 0 bridgehead atoms. The molecular weight excluding hydrogens is 482 g/mol. The van der Waals surface area contributed by atoms with Crippen molar-refractivity contribution in [2.45, 2.75) is 32.4 Å². The number of carbonyl (C=O) groups is 2. The minimum atomic E-state index is -0.271. The minimum absolute atomic E-state index is 0.00847. The highest BCUT2D eigenvalue weighted by Gasteiger charge is 2.26. The summed E-state index contributed by atoms with van der Waals surface area (Å²) < 4.78 is 5.83.